The van der Waals surface area contributed by atoms with E-state index in [2.05, 4.69) is 16.2 Å². The van der Waals surface area contributed by atoms with Crippen LogP contribution in [0.5, 0.6) is 0 Å². The summed E-state index contributed by atoms with van der Waals surface area (Å²) >= 11 is 0. The van der Waals surface area contributed by atoms with E-state index in [1.807, 2.05) is 37.2 Å². The van der Waals surface area contributed by atoms with Crippen LogP contribution in [0.4, 0.5) is 0 Å². The third-order valence-corrected chi connectivity index (χ3v) is 2.29. The fraction of sp³-hybridized carbons (Fsp3) is 0.154. The highest BCUT2D eigenvalue weighted by Crippen LogP contribution is 2.14. The first-order valence-corrected chi connectivity index (χ1v) is 5.45. The SMILES string of the molecule is CN(C)/C=C(\C#N)c1cnn(-c2ccccn2)c1. The van der Waals surface area contributed by atoms with Crippen LogP contribution >= 0.6 is 0 Å². The van der Waals surface area contributed by atoms with Crippen molar-refractivity contribution in [2.24, 2.45) is 0 Å². The second-order valence-corrected chi connectivity index (χ2v) is 3.98. The molecule has 0 aromatic carbocycles. The van der Waals surface area contributed by atoms with Gasteiger partial charge in [0.2, 0.25) is 0 Å². The van der Waals surface area contributed by atoms with Crippen LogP contribution in [-0.2, 0) is 0 Å². The van der Waals surface area contributed by atoms with Crippen LogP contribution in [-0.4, -0.2) is 33.8 Å². The van der Waals surface area contributed by atoms with Crippen LogP contribution in [0.15, 0.2) is 43.0 Å². The highest BCUT2D eigenvalue weighted by molar-refractivity contribution is 5.75. The summed E-state index contributed by atoms with van der Waals surface area (Å²) in [6.07, 6.45) is 6.92. The lowest BCUT2D eigenvalue weighted by Gasteiger charge is -2.04. The zero-order valence-electron chi connectivity index (χ0n) is 10.3. The molecule has 0 N–H and O–H groups in total. The Morgan fingerprint density at radius 3 is 2.89 bits per heavy atom. The quantitative estimate of drug-likeness (QED) is 0.765. The van der Waals surface area contributed by atoms with Gasteiger partial charge in [0.05, 0.1) is 11.8 Å². The topological polar surface area (TPSA) is 57.7 Å². The molecule has 2 aromatic heterocycles. The molecule has 2 heterocycles. The van der Waals surface area contributed by atoms with Gasteiger partial charge in [-0.1, -0.05) is 6.07 Å². The lowest BCUT2D eigenvalue weighted by Crippen LogP contribution is -2.02. The predicted octanol–water partition coefficient (Wildman–Crippen LogP) is 1.69. The van der Waals surface area contributed by atoms with Crippen LogP contribution in [0.3, 0.4) is 0 Å². The molecular weight excluding hydrogens is 226 g/mol. The van der Waals surface area contributed by atoms with E-state index in [1.165, 1.54) is 0 Å². The molecule has 0 amide bonds. The molecule has 0 radical (unpaired) electrons. The van der Waals surface area contributed by atoms with Crippen LogP contribution in [0.25, 0.3) is 11.4 Å². The molecule has 2 aromatic rings. The average Bonchev–Trinajstić information content (AvgIpc) is 2.86. The van der Waals surface area contributed by atoms with Gasteiger partial charge in [0.25, 0.3) is 0 Å². The van der Waals surface area contributed by atoms with Crippen molar-refractivity contribution in [2.45, 2.75) is 0 Å². The van der Waals surface area contributed by atoms with E-state index < -0.39 is 0 Å². The molecule has 0 saturated carbocycles. The minimum Gasteiger partial charge on any atom is -0.382 e. The van der Waals surface area contributed by atoms with Gasteiger partial charge in [-0.05, 0) is 12.1 Å². The third kappa shape index (κ3) is 2.55. The molecule has 5 heteroatoms. The summed E-state index contributed by atoms with van der Waals surface area (Å²) in [5.41, 5.74) is 1.35. The van der Waals surface area contributed by atoms with Gasteiger partial charge in [-0.25, -0.2) is 9.67 Å². The van der Waals surface area contributed by atoms with E-state index >= 15 is 0 Å². The Morgan fingerprint density at radius 1 is 1.44 bits per heavy atom. The van der Waals surface area contributed by atoms with Crippen molar-refractivity contribution in [2.75, 3.05) is 14.1 Å². The first kappa shape index (κ1) is 11.9. The van der Waals surface area contributed by atoms with Crippen molar-refractivity contribution in [3.63, 3.8) is 0 Å². The minimum atomic E-state index is 0.571. The summed E-state index contributed by atoms with van der Waals surface area (Å²) in [5.74, 6) is 0.728. The molecule has 2 rings (SSSR count). The molecule has 0 unspecified atom stereocenters. The molecule has 0 fully saturated rings. The number of hydrogen-bond donors (Lipinski definition) is 0. The molecule has 0 atom stereocenters. The zero-order valence-corrected chi connectivity index (χ0v) is 10.3. The Balaban J connectivity index is 2.34. The maximum absolute atomic E-state index is 9.11. The van der Waals surface area contributed by atoms with Crippen molar-refractivity contribution in [3.8, 4) is 11.9 Å². The van der Waals surface area contributed by atoms with Gasteiger partial charge in [-0.15, -0.1) is 0 Å². The second kappa shape index (κ2) is 5.15. The number of allylic oxidation sites excluding steroid dienone is 1. The Kier molecular flexibility index (Phi) is 3.39. The highest BCUT2D eigenvalue weighted by Gasteiger charge is 2.06. The number of rotatable bonds is 3. The van der Waals surface area contributed by atoms with Crippen LogP contribution in [0.1, 0.15) is 5.56 Å². The molecule has 0 bridgehead atoms. The lowest BCUT2D eigenvalue weighted by atomic mass is 10.2. The van der Waals surface area contributed by atoms with Crippen molar-refractivity contribution < 1.29 is 0 Å². The van der Waals surface area contributed by atoms with Gasteiger partial charge < -0.3 is 4.90 Å². The summed E-state index contributed by atoms with van der Waals surface area (Å²) in [6.45, 7) is 0. The summed E-state index contributed by atoms with van der Waals surface area (Å²) in [5, 5.41) is 13.3. The molecule has 0 aliphatic rings. The summed E-state index contributed by atoms with van der Waals surface area (Å²) < 4.78 is 1.65. The fourth-order valence-electron chi connectivity index (χ4n) is 1.50. The first-order chi connectivity index (χ1) is 8.70. The Bertz CT molecular complexity index is 589. The van der Waals surface area contributed by atoms with Gasteiger partial charge in [-0.3, -0.25) is 0 Å². The summed E-state index contributed by atoms with van der Waals surface area (Å²) in [4.78, 5) is 6.03. The minimum absolute atomic E-state index is 0.571. The highest BCUT2D eigenvalue weighted by atomic mass is 15.3. The number of nitrogens with zero attached hydrogens (tertiary/aromatic N) is 5. The third-order valence-electron chi connectivity index (χ3n) is 2.29. The van der Waals surface area contributed by atoms with Crippen LogP contribution in [0.2, 0.25) is 0 Å². The lowest BCUT2D eigenvalue weighted by molar-refractivity contribution is 0.566. The van der Waals surface area contributed by atoms with Crippen molar-refractivity contribution >= 4 is 5.57 Å². The zero-order chi connectivity index (χ0) is 13.0. The molecule has 18 heavy (non-hydrogen) atoms. The van der Waals surface area contributed by atoms with Gasteiger partial charge in [0.1, 0.15) is 6.07 Å². The molecule has 0 aliphatic heterocycles. The van der Waals surface area contributed by atoms with E-state index in [9.17, 15) is 0 Å². The molecule has 0 aliphatic carbocycles. The molecule has 90 valence electrons. The van der Waals surface area contributed by atoms with E-state index in [-0.39, 0.29) is 0 Å². The van der Waals surface area contributed by atoms with Gasteiger partial charge in [0.15, 0.2) is 5.82 Å². The largest absolute Gasteiger partial charge is 0.382 e. The molecule has 5 nitrogen and oxygen atoms in total. The van der Waals surface area contributed by atoms with Gasteiger partial charge in [-0.2, -0.15) is 10.4 Å². The van der Waals surface area contributed by atoms with Crippen molar-refractivity contribution in [1.29, 1.82) is 5.26 Å². The fourth-order valence-corrected chi connectivity index (χ4v) is 1.50. The summed E-state index contributed by atoms with van der Waals surface area (Å²) in [6, 6.07) is 7.76. The first-order valence-electron chi connectivity index (χ1n) is 5.45. The maximum Gasteiger partial charge on any atom is 0.153 e. The monoisotopic (exact) mass is 239 g/mol. The number of nitriles is 1. The number of hydrogen-bond acceptors (Lipinski definition) is 4. The maximum atomic E-state index is 9.11. The van der Waals surface area contributed by atoms with Crippen LogP contribution < -0.4 is 0 Å². The van der Waals surface area contributed by atoms with Crippen LogP contribution in [0, 0.1) is 11.3 Å². The molecule has 0 spiro atoms. The smallest absolute Gasteiger partial charge is 0.153 e. The number of pyridine rings is 1. The normalized spacial score (nSPS) is 11.1. The Morgan fingerprint density at radius 2 is 2.28 bits per heavy atom. The molecular formula is C13H13N5. The van der Waals surface area contributed by atoms with E-state index in [1.54, 1.807) is 29.5 Å². The average molecular weight is 239 g/mol. The Hall–Kier alpha value is -2.61. The standard InChI is InChI=1S/C13H13N5/c1-17(2)9-11(7-14)12-8-16-18(10-12)13-5-3-4-6-15-13/h3-6,8-10H,1-2H3/b11-9+. The number of aromatic nitrogens is 3. The van der Waals surface area contributed by atoms with Crippen molar-refractivity contribution in [3.05, 3.63) is 48.6 Å². The van der Waals surface area contributed by atoms with Gasteiger partial charge in [0, 0.05) is 38.3 Å². The van der Waals surface area contributed by atoms with E-state index in [0.29, 0.717) is 5.57 Å². The van der Waals surface area contributed by atoms with E-state index in [0.717, 1.165) is 11.4 Å². The van der Waals surface area contributed by atoms with E-state index in [4.69, 9.17) is 5.26 Å². The predicted molar refractivity (Wildman–Crippen MR) is 68.6 cm³/mol. The van der Waals surface area contributed by atoms with Crippen molar-refractivity contribution in [1.82, 2.24) is 19.7 Å². The Labute approximate surface area is 106 Å². The second-order valence-electron chi connectivity index (χ2n) is 3.98. The molecule has 0 saturated heterocycles. The van der Waals surface area contributed by atoms with Gasteiger partial charge >= 0.3 is 0 Å². The summed E-state index contributed by atoms with van der Waals surface area (Å²) in [7, 11) is 3.75.